The minimum Gasteiger partial charge on any atom is -0.310 e. The maximum atomic E-state index is 3.85. The monoisotopic (exact) mass is 596 g/mol. The third-order valence-corrected chi connectivity index (χ3v) is 8.66. The van der Waals surface area contributed by atoms with E-state index >= 15 is 0 Å². The maximum Gasteiger partial charge on any atom is 0.0493 e. The fourth-order valence-corrected chi connectivity index (χ4v) is 6.85. The molecule has 0 aliphatic heterocycles. The first kappa shape index (κ1) is 24.6. The van der Waals surface area contributed by atoms with Crippen molar-refractivity contribution in [3.05, 3.63) is 156 Å². The minimum absolute atomic E-state index is 1.01. The third kappa shape index (κ3) is 4.66. The summed E-state index contributed by atoms with van der Waals surface area (Å²) in [7, 11) is 0. The van der Waals surface area contributed by atoms with Gasteiger partial charge in [0.05, 0.1) is 0 Å². The number of nitrogens with zero attached hydrogens (tertiary/aromatic N) is 2. The first-order chi connectivity index (χ1) is 19.7. The lowest BCUT2D eigenvalue weighted by Crippen LogP contribution is -2.13. The number of para-hydroxylation sites is 3. The largest absolute Gasteiger partial charge is 0.310 e. The quantitative estimate of drug-likeness (QED) is 0.188. The predicted octanol–water partition coefficient (Wildman–Crippen LogP) is 11.8. The van der Waals surface area contributed by atoms with Gasteiger partial charge in [-0.2, -0.15) is 0 Å². The SMILES string of the molecule is Brc1cc(N(c2ccccc2)c2ccccc2)cc(N(c2ccccc2)c2ccc3sc4ccccc4c3c2)c1. The van der Waals surface area contributed by atoms with Crippen molar-refractivity contribution < 1.29 is 0 Å². The van der Waals surface area contributed by atoms with Crippen molar-refractivity contribution in [2.24, 2.45) is 0 Å². The highest BCUT2D eigenvalue weighted by Gasteiger charge is 2.19. The topological polar surface area (TPSA) is 6.48 Å². The number of thiophene rings is 1. The van der Waals surface area contributed by atoms with Gasteiger partial charge in [0.2, 0.25) is 0 Å². The molecule has 0 bridgehead atoms. The fraction of sp³-hybridized carbons (Fsp3) is 0. The zero-order valence-electron chi connectivity index (χ0n) is 21.6. The van der Waals surface area contributed by atoms with Crippen LogP contribution in [0.3, 0.4) is 0 Å². The van der Waals surface area contributed by atoms with Gasteiger partial charge in [0.15, 0.2) is 0 Å². The van der Waals surface area contributed by atoms with Gasteiger partial charge >= 0.3 is 0 Å². The smallest absolute Gasteiger partial charge is 0.0493 e. The van der Waals surface area contributed by atoms with Crippen LogP contribution in [-0.4, -0.2) is 0 Å². The highest BCUT2D eigenvalue weighted by Crippen LogP contribution is 2.44. The van der Waals surface area contributed by atoms with Gasteiger partial charge in [-0.3, -0.25) is 0 Å². The minimum atomic E-state index is 1.01. The van der Waals surface area contributed by atoms with Gasteiger partial charge in [-0.15, -0.1) is 11.3 Å². The molecule has 1 aromatic heterocycles. The second kappa shape index (κ2) is 10.6. The molecule has 0 radical (unpaired) electrons. The Morgan fingerprint density at radius 1 is 0.375 bits per heavy atom. The molecule has 0 amide bonds. The Balaban J connectivity index is 1.43. The predicted molar refractivity (Wildman–Crippen MR) is 176 cm³/mol. The van der Waals surface area contributed by atoms with Gasteiger partial charge in [-0.1, -0.05) is 88.7 Å². The van der Waals surface area contributed by atoms with Gasteiger partial charge in [0.25, 0.3) is 0 Å². The summed E-state index contributed by atoms with van der Waals surface area (Å²) in [6.45, 7) is 0. The molecule has 1 heterocycles. The normalized spacial score (nSPS) is 11.1. The molecule has 7 aromatic rings. The zero-order chi connectivity index (χ0) is 26.9. The van der Waals surface area contributed by atoms with Crippen molar-refractivity contribution in [2.75, 3.05) is 9.80 Å². The van der Waals surface area contributed by atoms with Crippen molar-refractivity contribution in [2.45, 2.75) is 0 Å². The van der Waals surface area contributed by atoms with Crippen molar-refractivity contribution in [3.8, 4) is 0 Å². The van der Waals surface area contributed by atoms with Crippen LogP contribution in [0.4, 0.5) is 34.1 Å². The summed E-state index contributed by atoms with van der Waals surface area (Å²) in [5, 5.41) is 2.58. The van der Waals surface area contributed by atoms with E-state index in [1.165, 1.54) is 20.2 Å². The summed E-state index contributed by atoms with van der Waals surface area (Å²) in [6.07, 6.45) is 0. The van der Waals surface area contributed by atoms with Crippen LogP contribution in [0.25, 0.3) is 20.2 Å². The second-order valence-corrected chi connectivity index (χ2v) is 11.6. The Labute approximate surface area is 246 Å². The molecular formula is C36H25BrN2S. The molecule has 0 spiro atoms. The zero-order valence-corrected chi connectivity index (χ0v) is 24.0. The number of benzene rings is 6. The molecule has 7 rings (SSSR count). The van der Waals surface area contributed by atoms with E-state index in [1.807, 2.05) is 11.3 Å². The summed E-state index contributed by atoms with van der Waals surface area (Å²) in [5.41, 5.74) is 6.59. The van der Waals surface area contributed by atoms with Crippen LogP contribution in [0.15, 0.2) is 156 Å². The molecule has 0 atom stereocenters. The van der Waals surface area contributed by atoms with Crippen molar-refractivity contribution >= 4 is 81.6 Å². The number of anilines is 6. The highest BCUT2D eigenvalue weighted by molar-refractivity contribution is 9.10. The van der Waals surface area contributed by atoms with Crippen molar-refractivity contribution in [1.29, 1.82) is 0 Å². The molecular weight excluding hydrogens is 572 g/mol. The van der Waals surface area contributed by atoms with Gasteiger partial charge in [0, 0.05) is 58.8 Å². The maximum absolute atomic E-state index is 3.85. The molecule has 0 N–H and O–H groups in total. The average molecular weight is 598 g/mol. The van der Waals surface area contributed by atoms with Crippen LogP contribution in [0.2, 0.25) is 0 Å². The molecule has 0 saturated heterocycles. The molecule has 2 nitrogen and oxygen atoms in total. The average Bonchev–Trinajstić information content (AvgIpc) is 3.37. The van der Waals surface area contributed by atoms with E-state index in [4.69, 9.17) is 0 Å². The summed E-state index contributed by atoms with van der Waals surface area (Å²) < 4.78 is 3.62. The van der Waals surface area contributed by atoms with E-state index in [9.17, 15) is 0 Å². The summed E-state index contributed by atoms with van der Waals surface area (Å²) in [6, 6.07) is 53.8. The van der Waals surface area contributed by atoms with E-state index in [0.29, 0.717) is 0 Å². The number of hydrogen-bond acceptors (Lipinski definition) is 3. The lowest BCUT2D eigenvalue weighted by molar-refractivity contribution is 1.25. The van der Waals surface area contributed by atoms with Gasteiger partial charge in [-0.05, 0) is 78.9 Å². The third-order valence-electron chi connectivity index (χ3n) is 7.05. The first-order valence-electron chi connectivity index (χ1n) is 13.2. The summed E-state index contributed by atoms with van der Waals surface area (Å²) >= 11 is 5.70. The van der Waals surface area contributed by atoms with E-state index in [0.717, 1.165) is 38.6 Å². The van der Waals surface area contributed by atoms with Crippen LogP contribution < -0.4 is 9.80 Å². The van der Waals surface area contributed by atoms with Crippen LogP contribution in [-0.2, 0) is 0 Å². The van der Waals surface area contributed by atoms with Crippen LogP contribution in [0, 0.1) is 0 Å². The fourth-order valence-electron chi connectivity index (χ4n) is 5.30. The Hall–Kier alpha value is -4.38. The molecule has 0 aliphatic carbocycles. The Bertz CT molecular complexity index is 1880. The van der Waals surface area contributed by atoms with Crippen LogP contribution in [0.5, 0.6) is 0 Å². The highest BCUT2D eigenvalue weighted by atomic mass is 79.9. The van der Waals surface area contributed by atoms with Crippen molar-refractivity contribution in [1.82, 2.24) is 0 Å². The van der Waals surface area contributed by atoms with E-state index in [2.05, 4.69) is 177 Å². The molecule has 0 saturated carbocycles. The number of hydrogen-bond donors (Lipinski definition) is 0. The lowest BCUT2D eigenvalue weighted by Gasteiger charge is -2.29. The molecule has 4 heteroatoms. The lowest BCUT2D eigenvalue weighted by atomic mass is 10.1. The Morgan fingerprint density at radius 3 is 1.43 bits per heavy atom. The van der Waals surface area contributed by atoms with Crippen LogP contribution >= 0.6 is 27.3 Å². The molecule has 192 valence electrons. The number of halogens is 1. The molecule has 0 unspecified atom stereocenters. The Kier molecular flexibility index (Phi) is 6.56. The Morgan fingerprint density at radius 2 is 0.850 bits per heavy atom. The van der Waals surface area contributed by atoms with Crippen molar-refractivity contribution in [3.63, 3.8) is 0 Å². The van der Waals surface area contributed by atoms with Crippen LogP contribution in [0.1, 0.15) is 0 Å². The van der Waals surface area contributed by atoms with Gasteiger partial charge in [0.1, 0.15) is 0 Å². The van der Waals surface area contributed by atoms with E-state index in [-0.39, 0.29) is 0 Å². The summed E-state index contributed by atoms with van der Waals surface area (Å²) in [5.74, 6) is 0. The number of fused-ring (bicyclic) bond motifs is 3. The molecule has 0 fully saturated rings. The van der Waals surface area contributed by atoms with Gasteiger partial charge < -0.3 is 9.80 Å². The number of rotatable bonds is 6. The molecule has 0 aliphatic rings. The summed E-state index contributed by atoms with van der Waals surface area (Å²) in [4.78, 5) is 4.64. The first-order valence-corrected chi connectivity index (χ1v) is 14.8. The van der Waals surface area contributed by atoms with E-state index < -0.39 is 0 Å². The second-order valence-electron chi connectivity index (χ2n) is 9.62. The standard InChI is InChI=1S/C36H25BrN2S/c37-26-22-31(38(27-12-4-1-5-13-27)28-14-6-2-7-15-28)24-32(23-26)39(29-16-8-3-9-17-29)30-20-21-36-34(25-30)33-18-10-11-19-35(33)40-36/h1-25H. The van der Waals surface area contributed by atoms with Gasteiger partial charge in [-0.25, -0.2) is 0 Å². The molecule has 40 heavy (non-hydrogen) atoms. The molecule has 6 aromatic carbocycles. The van der Waals surface area contributed by atoms with E-state index in [1.54, 1.807) is 0 Å².